The maximum absolute atomic E-state index is 13.4. The van der Waals surface area contributed by atoms with E-state index in [-0.39, 0.29) is 47.3 Å². The van der Waals surface area contributed by atoms with E-state index < -0.39 is 0 Å². The van der Waals surface area contributed by atoms with Crippen molar-refractivity contribution in [2.75, 3.05) is 0 Å². The van der Waals surface area contributed by atoms with Crippen LogP contribution in [0.1, 0.15) is 113 Å². The summed E-state index contributed by atoms with van der Waals surface area (Å²) in [6.45, 7) is 9.74. The predicted molar refractivity (Wildman–Crippen MR) is 149 cm³/mol. The number of hydrogen-bond donors (Lipinski definition) is 0. The van der Waals surface area contributed by atoms with E-state index in [1.54, 1.807) is 0 Å². The summed E-state index contributed by atoms with van der Waals surface area (Å²) in [7, 11) is 0. The quantitative estimate of drug-likeness (QED) is 0.250. The van der Waals surface area contributed by atoms with Crippen LogP contribution in [-0.4, -0.2) is 23.1 Å². The lowest BCUT2D eigenvalue weighted by atomic mass is 9.71. The lowest BCUT2D eigenvalue weighted by Crippen LogP contribution is -2.30. The Morgan fingerprint density at radius 2 is 1.81 bits per heavy atom. The molecule has 0 heterocycles. The predicted octanol–water partition coefficient (Wildman–Crippen LogP) is 7.29. The van der Waals surface area contributed by atoms with E-state index in [9.17, 15) is 19.2 Å². The molecule has 4 heteroatoms. The second-order valence-electron chi connectivity index (χ2n) is 11.2. The number of benzene rings is 1. The van der Waals surface area contributed by atoms with E-state index in [0.717, 1.165) is 73.6 Å². The van der Waals surface area contributed by atoms with Crippen molar-refractivity contribution < 1.29 is 19.2 Å². The van der Waals surface area contributed by atoms with Crippen LogP contribution < -0.4 is 0 Å². The van der Waals surface area contributed by atoms with Gasteiger partial charge in [-0.2, -0.15) is 0 Å². The Balaban J connectivity index is 1.73. The number of hydrogen-bond acceptors (Lipinski definition) is 4. The summed E-state index contributed by atoms with van der Waals surface area (Å²) in [5.74, 6) is 0.762. The molecule has 0 saturated carbocycles. The van der Waals surface area contributed by atoms with Gasteiger partial charge >= 0.3 is 0 Å². The molecule has 2 aliphatic carbocycles. The Hall–Kier alpha value is -2.62. The topological polar surface area (TPSA) is 68.3 Å². The molecule has 0 N–H and O–H groups in total. The maximum atomic E-state index is 13.4. The van der Waals surface area contributed by atoms with Crippen LogP contribution in [0.2, 0.25) is 0 Å². The Bertz CT molecular complexity index is 1100. The van der Waals surface area contributed by atoms with E-state index >= 15 is 0 Å². The molecule has 0 amide bonds. The molecule has 3 unspecified atom stereocenters. The third-order valence-corrected chi connectivity index (χ3v) is 8.23. The molecule has 200 valence electrons. The van der Waals surface area contributed by atoms with Crippen molar-refractivity contribution in [3.05, 3.63) is 57.7 Å². The number of carbonyl (C=O) groups is 4. The average molecular weight is 505 g/mol. The molecule has 4 nitrogen and oxygen atoms in total. The fourth-order valence-electron chi connectivity index (χ4n) is 6.47. The van der Waals surface area contributed by atoms with E-state index in [4.69, 9.17) is 0 Å². The monoisotopic (exact) mass is 504 g/mol. The molecule has 0 saturated heterocycles. The average Bonchev–Trinajstić information content (AvgIpc) is 3.30. The molecule has 3 rings (SSSR count). The maximum Gasteiger partial charge on any atom is 0.163 e. The van der Waals surface area contributed by atoms with Crippen molar-refractivity contribution in [3.8, 4) is 0 Å². The number of fused-ring (bicyclic) bond motifs is 1. The van der Waals surface area contributed by atoms with Crippen LogP contribution in [0.3, 0.4) is 0 Å². The molecule has 1 aromatic rings. The Kier molecular flexibility index (Phi) is 10.4. The Labute approximate surface area is 223 Å². The molecule has 0 bridgehead atoms. The van der Waals surface area contributed by atoms with Gasteiger partial charge < -0.3 is 0 Å². The number of ketones is 4. The van der Waals surface area contributed by atoms with Gasteiger partial charge in [0.2, 0.25) is 0 Å². The third-order valence-electron chi connectivity index (χ3n) is 8.23. The first kappa shape index (κ1) is 28.9. The van der Waals surface area contributed by atoms with Gasteiger partial charge in [0.05, 0.1) is 6.42 Å². The molecule has 0 fully saturated rings. The highest BCUT2D eigenvalue weighted by atomic mass is 16.1. The molecule has 0 aliphatic heterocycles. The van der Waals surface area contributed by atoms with E-state index in [0.29, 0.717) is 12.8 Å². The van der Waals surface area contributed by atoms with Crippen LogP contribution in [0.15, 0.2) is 35.4 Å². The minimum atomic E-state index is -0.105. The van der Waals surface area contributed by atoms with Crippen molar-refractivity contribution >= 4 is 23.1 Å². The minimum absolute atomic E-state index is 0.0212. The number of Topliss-reactive ketones (excluding diaryl/α,β-unsaturated/α-hetero) is 4. The molecule has 1 aromatic carbocycles. The Morgan fingerprint density at radius 1 is 1.05 bits per heavy atom. The van der Waals surface area contributed by atoms with Crippen LogP contribution in [0, 0.1) is 24.7 Å². The van der Waals surface area contributed by atoms with Crippen LogP contribution in [0.5, 0.6) is 0 Å². The third kappa shape index (κ3) is 7.24. The highest BCUT2D eigenvalue weighted by Gasteiger charge is 2.33. The zero-order chi connectivity index (χ0) is 27.1. The fourth-order valence-corrected chi connectivity index (χ4v) is 6.47. The van der Waals surface area contributed by atoms with E-state index in [1.165, 1.54) is 18.1 Å². The van der Waals surface area contributed by atoms with Gasteiger partial charge in [-0.3, -0.25) is 19.2 Å². The molecule has 37 heavy (non-hydrogen) atoms. The van der Waals surface area contributed by atoms with Gasteiger partial charge in [0, 0.05) is 29.9 Å². The fraction of sp³-hybridized carbons (Fsp3) is 0.576. The van der Waals surface area contributed by atoms with Gasteiger partial charge in [-0.15, -0.1) is 0 Å². The zero-order valence-electron chi connectivity index (χ0n) is 23.5. The van der Waals surface area contributed by atoms with Gasteiger partial charge in [-0.05, 0) is 80.9 Å². The highest BCUT2D eigenvalue weighted by molar-refractivity contribution is 6.01. The second kappa shape index (κ2) is 13.3. The molecule has 3 atom stereocenters. The van der Waals surface area contributed by atoms with Gasteiger partial charge in [0.25, 0.3) is 0 Å². The van der Waals surface area contributed by atoms with Crippen molar-refractivity contribution in [3.63, 3.8) is 0 Å². The van der Waals surface area contributed by atoms with Crippen LogP contribution in [0.4, 0.5) is 0 Å². The normalized spacial score (nSPS) is 18.6. The van der Waals surface area contributed by atoms with Gasteiger partial charge in [-0.1, -0.05) is 63.5 Å². The SMILES string of the molecule is CCCC(=O)C1=CCC(Cc2ccc3c(c2C)C(=O)CC(CC(CCC)C(CC)C(=O)CC(C)=O)C3)=C1. The second-order valence-corrected chi connectivity index (χ2v) is 11.2. The van der Waals surface area contributed by atoms with E-state index in [1.807, 2.05) is 26.0 Å². The number of carbonyl (C=O) groups excluding carboxylic acids is 4. The van der Waals surface area contributed by atoms with Crippen LogP contribution in [-0.2, 0) is 27.2 Å². The standard InChI is InChI=1S/C33H44O4/c1-6-9-26(29(8-3)31(36)15-21(4)34)18-24-19-28-14-13-25(22(5)33(28)32(37)20-24)16-23-11-12-27(17-23)30(35)10-7-2/h12-14,17,24,26,29H,6-11,15-16,18-20H2,1-5H3. The lowest BCUT2D eigenvalue weighted by Gasteiger charge is -2.32. The van der Waals surface area contributed by atoms with Crippen molar-refractivity contribution in [1.82, 2.24) is 0 Å². The van der Waals surface area contributed by atoms with Crippen molar-refractivity contribution in [2.45, 2.75) is 105 Å². The summed E-state index contributed by atoms with van der Waals surface area (Å²) >= 11 is 0. The van der Waals surface area contributed by atoms with Gasteiger partial charge in [0.15, 0.2) is 11.6 Å². The largest absolute Gasteiger partial charge is 0.300 e. The number of rotatable bonds is 14. The summed E-state index contributed by atoms with van der Waals surface area (Å²) in [4.78, 5) is 50.0. The highest BCUT2D eigenvalue weighted by Crippen LogP contribution is 2.37. The lowest BCUT2D eigenvalue weighted by molar-refractivity contribution is -0.130. The Morgan fingerprint density at radius 3 is 2.46 bits per heavy atom. The molecule has 2 aliphatic rings. The van der Waals surface area contributed by atoms with Gasteiger partial charge in [0.1, 0.15) is 11.6 Å². The van der Waals surface area contributed by atoms with Crippen molar-refractivity contribution in [1.29, 1.82) is 0 Å². The number of allylic oxidation sites excluding steroid dienone is 4. The van der Waals surface area contributed by atoms with Crippen LogP contribution in [0.25, 0.3) is 0 Å². The molecule has 0 spiro atoms. The minimum Gasteiger partial charge on any atom is -0.300 e. The first-order chi connectivity index (χ1) is 17.7. The first-order valence-electron chi connectivity index (χ1n) is 14.3. The van der Waals surface area contributed by atoms with Crippen molar-refractivity contribution in [2.24, 2.45) is 17.8 Å². The molecule has 0 aromatic heterocycles. The summed E-state index contributed by atoms with van der Waals surface area (Å²) in [6.07, 6.45) is 12.0. The first-order valence-corrected chi connectivity index (χ1v) is 14.3. The molecular formula is C33H44O4. The smallest absolute Gasteiger partial charge is 0.163 e. The summed E-state index contributed by atoms with van der Waals surface area (Å²) < 4.78 is 0. The summed E-state index contributed by atoms with van der Waals surface area (Å²) in [5, 5.41) is 0. The molecule has 0 radical (unpaired) electrons. The molecular weight excluding hydrogens is 460 g/mol. The van der Waals surface area contributed by atoms with Crippen LogP contribution >= 0.6 is 0 Å². The summed E-state index contributed by atoms with van der Waals surface area (Å²) in [5.41, 5.74) is 6.31. The zero-order valence-corrected chi connectivity index (χ0v) is 23.5. The van der Waals surface area contributed by atoms with Gasteiger partial charge in [-0.25, -0.2) is 0 Å². The summed E-state index contributed by atoms with van der Waals surface area (Å²) in [6, 6.07) is 4.28. The van der Waals surface area contributed by atoms with E-state index in [2.05, 4.69) is 26.0 Å².